The van der Waals surface area contributed by atoms with Gasteiger partial charge < -0.3 is 5.32 Å². The zero-order valence-electron chi connectivity index (χ0n) is 12.2. The number of nitrogens with zero attached hydrogens (tertiary/aromatic N) is 1. The van der Waals surface area contributed by atoms with Gasteiger partial charge in [-0.15, -0.1) is 34.0 Å². The third-order valence-corrected chi connectivity index (χ3v) is 5.99. The normalized spacial score (nSPS) is 10.8. The molecule has 0 saturated carbocycles. The molecule has 3 aromatic rings. The number of thiazole rings is 1. The van der Waals surface area contributed by atoms with Gasteiger partial charge in [0.05, 0.1) is 22.1 Å². The molecule has 1 amide bonds. The molecule has 0 fully saturated rings. The monoisotopic (exact) mass is 348 g/mol. The SMILES string of the molecule is Cc1nc(-c2ccc(CNC(=O)CCc3cccs3)s2)cs1. The van der Waals surface area contributed by atoms with Crippen LogP contribution in [0.15, 0.2) is 35.0 Å². The second-order valence-electron chi connectivity index (χ2n) is 4.87. The van der Waals surface area contributed by atoms with Crippen LogP contribution < -0.4 is 5.32 Å². The summed E-state index contributed by atoms with van der Waals surface area (Å²) < 4.78 is 0. The first-order chi connectivity index (χ1) is 10.7. The summed E-state index contributed by atoms with van der Waals surface area (Å²) in [7, 11) is 0. The summed E-state index contributed by atoms with van der Waals surface area (Å²) in [4.78, 5) is 19.9. The molecule has 0 saturated heterocycles. The molecule has 6 heteroatoms. The van der Waals surface area contributed by atoms with Crippen LogP contribution in [-0.2, 0) is 17.8 Å². The predicted octanol–water partition coefficient (Wildman–Crippen LogP) is 4.49. The van der Waals surface area contributed by atoms with Crippen molar-refractivity contribution in [2.24, 2.45) is 0 Å². The van der Waals surface area contributed by atoms with Crippen molar-refractivity contribution in [3.8, 4) is 10.6 Å². The maximum absolute atomic E-state index is 11.9. The molecule has 0 aliphatic heterocycles. The van der Waals surface area contributed by atoms with Crippen molar-refractivity contribution >= 4 is 39.9 Å². The van der Waals surface area contributed by atoms with Gasteiger partial charge in [0.1, 0.15) is 0 Å². The minimum atomic E-state index is 0.104. The average Bonchev–Trinajstić information content (AvgIpc) is 3.24. The number of carbonyl (C=O) groups is 1. The Morgan fingerprint density at radius 1 is 1.23 bits per heavy atom. The lowest BCUT2D eigenvalue weighted by Crippen LogP contribution is -2.22. The average molecular weight is 349 g/mol. The van der Waals surface area contributed by atoms with Crippen LogP contribution >= 0.6 is 34.0 Å². The van der Waals surface area contributed by atoms with E-state index >= 15 is 0 Å². The minimum absolute atomic E-state index is 0.104. The first kappa shape index (κ1) is 15.4. The fraction of sp³-hybridized carbons (Fsp3) is 0.250. The van der Waals surface area contributed by atoms with E-state index < -0.39 is 0 Å². The van der Waals surface area contributed by atoms with Crippen molar-refractivity contribution in [1.82, 2.24) is 10.3 Å². The first-order valence-electron chi connectivity index (χ1n) is 7.01. The van der Waals surface area contributed by atoms with E-state index in [0.29, 0.717) is 13.0 Å². The zero-order valence-corrected chi connectivity index (χ0v) is 14.6. The molecule has 0 radical (unpaired) electrons. The van der Waals surface area contributed by atoms with Gasteiger partial charge in [-0.25, -0.2) is 4.98 Å². The Labute approximate surface area is 141 Å². The molecule has 0 atom stereocenters. The highest BCUT2D eigenvalue weighted by Gasteiger charge is 2.08. The van der Waals surface area contributed by atoms with Crippen LogP contribution in [0, 0.1) is 6.92 Å². The van der Waals surface area contributed by atoms with E-state index in [0.717, 1.165) is 26.9 Å². The molecule has 0 aromatic carbocycles. The summed E-state index contributed by atoms with van der Waals surface area (Å²) >= 11 is 5.05. The number of aryl methyl sites for hydroxylation is 2. The third-order valence-electron chi connectivity index (χ3n) is 3.17. The molecule has 1 N–H and O–H groups in total. The van der Waals surface area contributed by atoms with E-state index in [9.17, 15) is 4.79 Å². The molecule has 0 unspecified atom stereocenters. The molecule has 0 aliphatic rings. The smallest absolute Gasteiger partial charge is 0.220 e. The fourth-order valence-corrected chi connectivity index (χ4v) is 4.36. The Bertz CT molecular complexity index is 743. The molecule has 3 rings (SSSR count). The largest absolute Gasteiger partial charge is 0.351 e. The van der Waals surface area contributed by atoms with Crippen molar-refractivity contribution in [2.75, 3.05) is 0 Å². The molecule has 0 spiro atoms. The summed E-state index contributed by atoms with van der Waals surface area (Å²) in [6, 6.07) is 8.23. The number of aromatic nitrogens is 1. The fourth-order valence-electron chi connectivity index (χ4n) is 2.05. The maximum atomic E-state index is 11.9. The Hall–Kier alpha value is -1.50. The number of rotatable bonds is 6. The maximum Gasteiger partial charge on any atom is 0.220 e. The lowest BCUT2D eigenvalue weighted by Gasteiger charge is -2.02. The van der Waals surface area contributed by atoms with Crippen molar-refractivity contribution in [3.05, 3.63) is 49.8 Å². The number of hydrogen-bond acceptors (Lipinski definition) is 5. The Morgan fingerprint density at radius 2 is 2.14 bits per heavy atom. The molecular formula is C16H16N2OS3. The van der Waals surface area contributed by atoms with Gasteiger partial charge in [0, 0.05) is 21.6 Å². The highest BCUT2D eigenvalue weighted by molar-refractivity contribution is 7.16. The van der Waals surface area contributed by atoms with Crippen molar-refractivity contribution in [3.63, 3.8) is 0 Å². The summed E-state index contributed by atoms with van der Waals surface area (Å²) in [5, 5.41) is 8.18. The van der Waals surface area contributed by atoms with Gasteiger partial charge >= 0.3 is 0 Å². The molecule has 22 heavy (non-hydrogen) atoms. The first-order valence-corrected chi connectivity index (χ1v) is 9.58. The van der Waals surface area contributed by atoms with Crippen LogP contribution in [0.2, 0.25) is 0 Å². The van der Waals surface area contributed by atoms with E-state index in [1.807, 2.05) is 18.4 Å². The molecule has 0 aliphatic carbocycles. The van der Waals surface area contributed by atoms with Gasteiger partial charge in [0.25, 0.3) is 0 Å². The number of nitrogens with one attached hydrogen (secondary N) is 1. The van der Waals surface area contributed by atoms with Gasteiger partial charge in [-0.3, -0.25) is 4.79 Å². The van der Waals surface area contributed by atoms with Crippen LogP contribution in [0.3, 0.4) is 0 Å². The molecular weight excluding hydrogens is 332 g/mol. The highest BCUT2D eigenvalue weighted by atomic mass is 32.1. The quantitative estimate of drug-likeness (QED) is 0.713. The lowest BCUT2D eigenvalue weighted by atomic mass is 10.2. The van der Waals surface area contributed by atoms with Gasteiger partial charge in [-0.1, -0.05) is 6.07 Å². The molecule has 3 nitrogen and oxygen atoms in total. The van der Waals surface area contributed by atoms with E-state index in [4.69, 9.17) is 0 Å². The zero-order chi connectivity index (χ0) is 15.4. The molecule has 0 bridgehead atoms. The number of amides is 1. The van der Waals surface area contributed by atoms with E-state index in [-0.39, 0.29) is 5.91 Å². The summed E-state index contributed by atoms with van der Waals surface area (Å²) in [6.45, 7) is 2.60. The van der Waals surface area contributed by atoms with Crippen LogP contribution in [0.4, 0.5) is 0 Å². The summed E-state index contributed by atoms with van der Waals surface area (Å²) in [5.41, 5.74) is 1.03. The number of hydrogen-bond donors (Lipinski definition) is 1. The Morgan fingerprint density at radius 3 is 2.86 bits per heavy atom. The van der Waals surface area contributed by atoms with E-state index in [1.54, 1.807) is 34.0 Å². The Balaban J connectivity index is 1.49. The van der Waals surface area contributed by atoms with Crippen molar-refractivity contribution in [1.29, 1.82) is 0 Å². The van der Waals surface area contributed by atoms with Crippen molar-refractivity contribution < 1.29 is 4.79 Å². The predicted molar refractivity (Wildman–Crippen MR) is 94.7 cm³/mol. The third kappa shape index (κ3) is 4.03. The molecule has 3 aromatic heterocycles. The van der Waals surface area contributed by atoms with Crippen LogP contribution in [0.1, 0.15) is 21.2 Å². The second-order valence-corrected chi connectivity index (χ2v) is 8.14. The minimum Gasteiger partial charge on any atom is -0.351 e. The summed E-state index contributed by atoms with van der Waals surface area (Å²) in [6.07, 6.45) is 1.36. The molecule has 114 valence electrons. The highest BCUT2D eigenvalue weighted by Crippen LogP contribution is 2.28. The standard InChI is InChI=1S/C16H16N2OS3/c1-11-18-14(10-21-11)15-6-4-13(22-15)9-17-16(19)7-5-12-3-2-8-20-12/h2-4,6,8,10H,5,7,9H2,1H3,(H,17,19). The summed E-state index contributed by atoms with van der Waals surface area (Å²) in [5.74, 6) is 0.104. The van der Waals surface area contributed by atoms with E-state index in [2.05, 4.69) is 33.9 Å². The van der Waals surface area contributed by atoms with Crippen LogP contribution in [0.5, 0.6) is 0 Å². The van der Waals surface area contributed by atoms with Gasteiger partial charge in [0.15, 0.2) is 0 Å². The van der Waals surface area contributed by atoms with Gasteiger partial charge in [-0.05, 0) is 36.9 Å². The lowest BCUT2D eigenvalue weighted by molar-refractivity contribution is -0.121. The van der Waals surface area contributed by atoms with Gasteiger partial charge in [0.2, 0.25) is 5.91 Å². The molecule has 3 heterocycles. The Kier molecular flexibility index (Phi) is 5.02. The number of thiophene rings is 2. The van der Waals surface area contributed by atoms with Crippen molar-refractivity contribution in [2.45, 2.75) is 26.3 Å². The van der Waals surface area contributed by atoms with Crippen LogP contribution in [-0.4, -0.2) is 10.9 Å². The number of carbonyl (C=O) groups excluding carboxylic acids is 1. The topological polar surface area (TPSA) is 42.0 Å². The second kappa shape index (κ2) is 7.17. The van der Waals surface area contributed by atoms with Gasteiger partial charge in [-0.2, -0.15) is 0 Å². The van der Waals surface area contributed by atoms with Crippen LogP contribution in [0.25, 0.3) is 10.6 Å². The van der Waals surface area contributed by atoms with E-state index in [1.165, 1.54) is 4.88 Å².